The van der Waals surface area contributed by atoms with Crippen molar-refractivity contribution in [1.82, 2.24) is 15.2 Å². The predicted octanol–water partition coefficient (Wildman–Crippen LogP) is 0.468. The van der Waals surface area contributed by atoms with Gasteiger partial charge in [0.25, 0.3) is 0 Å². The first-order chi connectivity index (χ1) is 6.33. The summed E-state index contributed by atoms with van der Waals surface area (Å²) < 4.78 is 1.22. The molecule has 0 saturated carbocycles. The molecule has 5 heteroatoms. The number of amides is 1. The smallest absolute Gasteiger partial charge is 0.274 e. The van der Waals surface area contributed by atoms with Crippen molar-refractivity contribution < 1.29 is 4.79 Å². The Morgan fingerprint density at radius 1 is 1.46 bits per heavy atom. The molecule has 0 fully saturated rings. The van der Waals surface area contributed by atoms with Gasteiger partial charge in [0, 0.05) is 5.39 Å². The lowest BCUT2D eigenvalue weighted by Crippen LogP contribution is -2.34. The molecule has 13 heavy (non-hydrogen) atoms. The molecule has 0 unspecified atom stereocenters. The molecule has 0 radical (unpaired) electrons. The zero-order chi connectivity index (χ0) is 9.26. The lowest BCUT2D eigenvalue weighted by atomic mass is 10.3. The largest absolute Gasteiger partial charge is 0.356 e. The first-order valence-electron chi connectivity index (χ1n) is 3.76. The van der Waals surface area contributed by atoms with Crippen LogP contribution in [-0.2, 0) is 0 Å². The fourth-order valence-corrected chi connectivity index (χ4v) is 1.19. The number of fused-ring (bicyclic) bond motifs is 1. The highest BCUT2D eigenvalue weighted by Crippen LogP contribution is 2.11. The quantitative estimate of drug-likeness (QED) is 0.348. The average Bonchev–Trinajstić information content (AvgIpc) is 2.60. The molecule has 3 N–H and O–H groups in total. The van der Waals surface area contributed by atoms with Crippen LogP contribution >= 0.6 is 0 Å². The van der Waals surface area contributed by atoms with Gasteiger partial charge in [-0.25, -0.2) is 10.6 Å². The van der Waals surface area contributed by atoms with Gasteiger partial charge in [-0.3, -0.25) is 5.43 Å². The van der Waals surface area contributed by atoms with E-state index >= 15 is 0 Å². The summed E-state index contributed by atoms with van der Waals surface area (Å²) in [5, 5.41) is 4.80. The molecule has 2 aromatic rings. The van der Waals surface area contributed by atoms with Crippen LogP contribution in [0.3, 0.4) is 0 Å². The van der Waals surface area contributed by atoms with Crippen LogP contribution in [0.15, 0.2) is 30.5 Å². The Morgan fingerprint density at radius 3 is 3.00 bits per heavy atom. The zero-order valence-corrected chi connectivity index (χ0v) is 6.77. The number of nitrogen functional groups attached to an aromatic ring is 1. The van der Waals surface area contributed by atoms with Crippen molar-refractivity contribution in [3.05, 3.63) is 30.5 Å². The van der Waals surface area contributed by atoms with E-state index in [0.717, 1.165) is 10.9 Å². The number of aromatic nitrogens is 2. The second kappa shape index (κ2) is 2.87. The third-order valence-electron chi connectivity index (χ3n) is 1.79. The van der Waals surface area contributed by atoms with Crippen LogP contribution in [0.2, 0.25) is 0 Å². The van der Waals surface area contributed by atoms with Crippen molar-refractivity contribution in [3.8, 4) is 0 Å². The van der Waals surface area contributed by atoms with Crippen molar-refractivity contribution in [3.63, 3.8) is 0 Å². The number of benzene rings is 1. The van der Waals surface area contributed by atoms with E-state index in [9.17, 15) is 4.79 Å². The van der Waals surface area contributed by atoms with E-state index in [1.807, 2.05) is 23.6 Å². The van der Waals surface area contributed by atoms with Crippen LogP contribution in [0.5, 0.6) is 0 Å². The van der Waals surface area contributed by atoms with Crippen LogP contribution in [0.1, 0.15) is 0 Å². The van der Waals surface area contributed by atoms with Gasteiger partial charge < -0.3 is 0 Å². The Labute approximate surface area is 74.1 Å². The Morgan fingerprint density at radius 2 is 2.23 bits per heavy atom. The Balaban J connectivity index is 2.64. The molecule has 1 amide bonds. The maximum absolute atomic E-state index is 11.2. The predicted molar refractivity (Wildman–Crippen MR) is 47.9 cm³/mol. The molecule has 1 aromatic heterocycles. The second-order valence-electron chi connectivity index (χ2n) is 2.56. The number of rotatable bonds is 0. The topological polar surface area (TPSA) is 72.9 Å². The summed E-state index contributed by atoms with van der Waals surface area (Å²) in [7, 11) is 0. The number of hydrogen-bond donors (Lipinski definition) is 2. The van der Waals surface area contributed by atoms with E-state index in [0.29, 0.717) is 0 Å². The van der Waals surface area contributed by atoms with E-state index in [1.54, 1.807) is 12.3 Å². The number of nitrogens with zero attached hydrogens (tertiary/aromatic N) is 2. The molecule has 0 spiro atoms. The van der Waals surface area contributed by atoms with E-state index in [4.69, 9.17) is 5.84 Å². The Hall–Kier alpha value is -1.88. The van der Waals surface area contributed by atoms with Gasteiger partial charge >= 0.3 is 6.03 Å². The van der Waals surface area contributed by atoms with Gasteiger partial charge in [0.05, 0.1) is 11.7 Å². The summed E-state index contributed by atoms with van der Waals surface area (Å²) >= 11 is 0. The lowest BCUT2D eigenvalue weighted by molar-refractivity contribution is 0.241. The van der Waals surface area contributed by atoms with E-state index in [-0.39, 0.29) is 0 Å². The van der Waals surface area contributed by atoms with Gasteiger partial charge in [-0.15, -0.1) is 0 Å². The second-order valence-corrected chi connectivity index (χ2v) is 2.56. The summed E-state index contributed by atoms with van der Waals surface area (Å²) in [4.78, 5) is 11.2. The van der Waals surface area contributed by atoms with Gasteiger partial charge in [0.15, 0.2) is 0 Å². The van der Waals surface area contributed by atoms with Crippen LogP contribution < -0.4 is 11.3 Å². The van der Waals surface area contributed by atoms with Crippen LogP contribution in [0.25, 0.3) is 10.9 Å². The first kappa shape index (κ1) is 7.75. The summed E-state index contributed by atoms with van der Waals surface area (Å²) in [6, 6.07) is 6.96. The van der Waals surface area contributed by atoms with Gasteiger partial charge in [-0.05, 0) is 6.07 Å². The fourth-order valence-electron chi connectivity index (χ4n) is 1.19. The molecule has 1 heterocycles. The monoisotopic (exact) mass is 176 g/mol. The number of hydrazine groups is 1. The molecule has 2 rings (SSSR count). The maximum Gasteiger partial charge on any atom is 0.356 e. The average molecular weight is 176 g/mol. The number of carbonyl (C=O) groups excluding carboxylic acids is 1. The third kappa shape index (κ3) is 1.15. The molecule has 66 valence electrons. The van der Waals surface area contributed by atoms with Crippen molar-refractivity contribution in [2.45, 2.75) is 0 Å². The van der Waals surface area contributed by atoms with Crippen molar-refractivity contribution in [2.24, 2.45) is 5.84 Å². The van der Waals surface area contributed by atoms with Crippen LogP contribution in [0, 0.1) is 0 Å². The summed E-state index contributed by atoms with van der Waals surface area (Å²) in [6.45, 7) is 0. The molecule has 0 atom stereocenters. The third-order valence-corrected chi connectivity index (χ3v) is 1.79. The molecule has 0 aliphatic rings. The van der Waals surface area contributed by atoms with Crippen molar-refractivity contribution >= 4 is 16.9 Å². The SMILES string of the molecule is NNC(=O)n1ncc2ccccc21. The maximum atomic E-state index is 11.2. The standard InChI is InChI=1S/C8H8N4O/c9-11-8(13)12-7-4-2-1-3-6(7)5-10-12/h1-5H,9H2,(H,11,13). The summed E-state index contributed by atoms with van der Waals surface area (Å²) in [5.41, 5.74) is 2.76. The van der Waals surface area contributed by atoms with E-state index in [2.05, 4.69) is 5.10 Å². The molecule has 0 saturated heterocycles. The first-order valence-corrected chi connectivity index (χ1v) is 3.76. The van der Waals surface area contributed by atoms with Gasteiger partial charge in [-0.1, -0.05) is 18.2 Å². The summed E-state index contributed by atoms with van der Waals surface area (Å²) in [6.07, 6.45) is 1.62. The summed E-state index contributed by atoms with van der Waals surface area (Å²) in [5.74, 6) is 4.99. The fraction of sp³-hybridized carbons (Fsp3) is 0. The minimum absolute atomic E-state index is 0.443. The van der Waals surface area contributed by atoms with Crippen molar-refractivity contribution in [1.29, 1.82) is 0 Å². The molecule has 0 aliphatic heterocycles. The van der Waals surface area contributed by atoms with Gasteiger partial charge in [0.1, 0.15) is 0 Å². The van der Waals surface area contributed by atoms with Crippen LogP contribution in [0.4, 0.5) is 4.79 Å². The van der Waals surface area contributed by atoms with Crippen molar-refractivity contribution in [2.75, 3.05) is 0 Å². The van der Waals surface area contributed by atoms with Crippen LogP contribution in [-0.4, -0.2) is 15.8 Å². The van der Waals surface area contributed by atoms with Gasteiger partial charge in [0.2, 0.25) is 0 Å². The van der Waals surface area contributed by atoms with E-state index < -0.39 is 6.03 Å². The minimum Gasteiger partial charge on any atom is -0.274 e. The zero-order valence-electron chi connectivity index (χ0n) is 6.77. The van der Waals surface area contributed by atoms with E-state index in [1.165, 1.54) is 4.68 Å². The lowest BCUT2D eigenvalue weighted by Gasteiger charge is -1.98. The molecular weight excluding hydrogens is 168 g/mol. The number of para-hydroxylation sites is 1. The Kier molecular flexibility index (Phi) is 1.71. The highest BCUT2D eigenvalue weighted by atomic mass is 16.2. The Bertz CT molecular complexity index is 448. The molecule has 0 aliphatic carbocycles. The number of carbonyl (C=O) groups is 1. The number of nitrogens with one attached hydrogen (secondary N) is 1. The minimum atomic E-state index is -0.443. The molecule has 0 bridgehead atoms. The van der Waals surface area contributed by atoms with Gasteiger partial charge in [-0.2, -0.15) is 9.78 Å². The highest BCUT2D eigenvalue weighted by molar-refractivity contribution is 5.89. The molecular formula is C8H8N4O. The molecule has 5 nitrogen and oxygen atoms in total. The normalized spacial score (nSPS) is 10.2. The highest BCUT2D eigenvalue weighted by Gasteiger charge is 2.06. The number of hydrogen-bond acceptors (Lipinski definition) is 3. The number of nitrogens with two attached hydrogens (primary N) is 1. The molecule has 1 aromatic carbocycles.